The van der Waals surface area contributed by atoms with Gasteiger partial charge in [0, 0.05) is 0 Å². The lowest BCUT2D eigenvalue weighted by Gasteiger charge is -2.37. The number of hydrogen-bond donors (Lipinski definition) is 1. The Bertz CT molecular complexity index is 547. The topological polar surface area (TPSA) is 74.7 Å². The standard InChI is InChI=1S/C17H21NO4/c1-2-3-4-12(17(21)22)18-15(19)13-8-5-6-9(11-7-10(8)11)14(13)16(18)20/h5-6,8-14H,2-4,7H2,1H3,(H,21,22)/t8-,9-,10+,11+,12-,13-,14+/m1/s1. The zero-order valence-corrected chi connectivity index (χ0v) is 12.6. The van der Waals surface area contributed by atoms with E-state index in [0.29, 0.717) is 24.7 Å². The summed E-state index contributed by atoms with van der Waals surface area (Å²) in [5, 5.41) is 9.48. The summed E-state index contributed by atoms with van der Waals surface area (Å²) >= 11 is 0. The van der Waals surface area contributed by atoms with Crippen LogP contribution in [0.5, 0.6) is 0 Å². The summed E-state index contributed by atoms with van der Waals surface area (Å²) in [5.41, 5.74) is 0. The lowest BCUT2D eigenvalue weighted by molar-refractivity contribution is -0.155. The number of aliphatic carboxylic acids is 1. The van der Waals surface area contributed by atoms with Gasteiger partial charge in [0.15, 0.2) is 0 Å². The fourth-order valence-electron chi connectivity index (χ4n) is 5.05. The van der Waals surface area contributed by atoms with Crippen molar-refractivity contribution in [3.05, 3.63) is 12.2 Å². The second kappa shape index (κ2) is 4.67. The third-order valence-electron chi connectivity index (χ3n) is 6.12. The van der Waals surface area contributed by atoms with Crippen LogP contribution in [0.15, 0.2) is 12.2 Å². The van der Waals surface area contributed by atoms with Gasteiger partial charge < -0.3 is 5.11 Å². The van der Waals surface area contributed by atoms with Gasteiger partial charge in [-0.3, -0.25) is 14.5 Å². The molecule has 7 atom stereocenters. The van der Waals surface area contributed by atoms with Gasteiger partial charge in [0.25, 0.3) is 0 Å². The number of carbonyl (C=O) groups excluding carboxylic acids is 2. The molecule has 5 heteroatoms. The average molecular weight is 303 g/mol. The summed E-state index contributed by atoms with van der Waals surface area (Å²) in [6, 6.07) is -0.985. The van der Waals surface area contributed by atoms with E-state index < -0.39 is 12.0 Å². The molecule has 2 amide bonds. The highest BCUT2D eigenvalue weighted by atomic mass is 16.4. The SMILES string of the molecule is CCCC[C@H](C(=O)O)N1C(=O)[C@@H]2[C@@H]3C=C[C@H]([C@@H]4C[C@@H]34)[C@@H]2C1=O. The van der Waals surface area contributed by atoms with Crippen LogP contribution in [0.3, 0.4) is 0 Å². The first-order valence-corrected chi connectivity index (χ1v) is 8.34. The first kappa shape index (κ1) is 14.0. The van der Waals surface area contributed by atoms with Crippen molar-refractivity contribution in [1.29, 1.82) is 0 Å². The van der Waals surface area contributed by atoms with E-state index in [1.807, 2.05) is 6.92 Å². The van der Waals surface area contributed by atoms with Crippen molar-refractivity contribution >= 4 is 17.8 Å². The molecule has 1 aliphatic heterocycles. The summed E-state index contributed by atoms with van der Waals surface area (Å²) in [7, 11) is 0. The Morgan fingerprint density at radius 2 is 1.77 bits per heavy atom. The van der Waals surface area contributed by atoms with Crippen LogP contribution in [-0.2, 0) is 14.4 Å². The van der Waals surface area contributed by atoms with Crippen molar-refractivity contribution in [1.82, 2.24) is 4.90 Å². The quantitative estimate of drug-likeness (QED) is 0.619. The Kier molecular flexibility index (Phi) is 2.97. The molecule has 1 N–H and O–H groups in total. The minimum Gasteiger partial charge on any atom is -0.480 e. The molecule has 0 aromatic rings. The van der Waals surface area contributed by atoms with Crippen LogP contribution < -0.4 is 0 Å². The van der Waals surface area contributed by atoms with Gasteiger partial charge >= 0.3 is 5.97 Å². The van der Waals surface area contributed by atoms with Crippen LogP contribution in [0.4, 0.5) is 0 Å². The molecule has 1 heterocycles. The van der Waals surface area contributed by atoms with Crippen molar-refractivity contribution in [2.24, 2.45) is 35.5 Å². The molecule has 2 bridgehead atoms. The molecule has 0 aromatic heterocycles. The number of allylic oxidation sites excluding steroid dienone is 2. The number of hydrogen-bond acceptors (Lipinski definition) is 3. The summed E-state index contributed by atoms with van der Waals surface area (Å²) < 4.78 is 0. The summed E-state index contributed by atoms with van der Waals surface area (Å²) in [4.78, 5) is 38.3. The molecular weight excluding hydrogens is 282 g/mol. The highest BCUT2D eigenvalue weighted by molar-refractivity contribution is 6.08. The predicted molar refractivity (Wildman–Crippen MR) is 77.5 cm³/mol. The molecule has 3 fully saturated rings. The average Bonchev–Trinajstić information content (AvgIpc) is 3.27. The normalized spacial score (nSPS) is 42.3. The highest BCUT2D eigenvalue weighted by Crippen LogP contribution is 2.65. The highest BCUT2D eigenvalue weighted by Gasteiger charge is 2.67. The monoisotopic (exact) mass is 303 g/mol. The van der Waals surface area contributed by atoms with Gasteiger partial charge in [0.05, 0.1) is 11.8 Å². The second-order valence-electron chi connectivity index (χ2n) is 7.20. The number of rotatable bonds is 5. The van der Waals surface area contributed by atoms with Crippen molar-refractivity contribution in [2.45, 2.75) is 38.6 Å². The third kappa shape index (κ3) is 1.68. The lowest BCUT2D eigenvalue weighted by Crippen LogP contribution is -2.45. The van der Waals surface area contributed by atoms with Crippen LogP contribution >= 0.6 is 0 Å². The Morgan fingerprint density at radius 1 is 1.23 bits per heavy atom. The first-order chi connectivity index (χ1) is 10.6. The number of amides is 2. The van der Waals surface area contributed by atoms with E-state index >= 15 is 0 Å². The maximum absolute atomic E-state index is 12.8. The van der Waals surface area contributed by atoms with Gasteiger partial charge in [-0.05, 0) is 36.5 Å². The Balaban J connectivity index is 1.65. The van der Waals surface area contributed by atoms with Crippen molar-refractivity contribution in [2.75, 3.05) is 0 Å². The smallest absolute Gasteiger partial charge is 0.326 e. The number of carboxylic acids is 1. The Hall–Kier alpha value is -1.65. The van der Waals surface area contributed by atoms with Crippen LogP contribution in [0.1, 0.15) is 32.6 Å². The van der Waals surface area contributed by atoms with Gasteiger partial charge in [-0.25, -0.2) is 4.79 Å². The van der Waals surface area contributed by atoms with Crippen LogP contribution in [0.2, 0.25) is 0 Å². The number of likely N-dealkylation sites (tertiary alicyclic amines) is 1. The van der Waals surface area contributed by atoms with Crippen LogP contribution in [0.25, 0.3) is 0 Å². The van der Waals surface area contributed by atoms with Gasteiger partial charge in [0.1, 0.15) is 6.04 Å². The van der Waals surface area contributed by atoms with E-state index in [2.05, 4.69) is 12.2 Å². The molecule has 0 unspecified atom stereocenters. The molecule has 4 aliphatic carbocycles. The molecule has 22 heavy (non-hydrogen) atoms. The molecule has 118 valence electrons. The maximum atomic E-state index is 12.8. The van der Waals surface area contributed by atoms with E-state index in [0.717, 1.165) is 17.7 Å². The molecular formula is C17H21NO4. The minimum atomic E-state index is -1.06. The second-order valence-corrected chi connectivity index (χ2v) is 7.20. The fourth-order valence-corrected chi connectivity index (χ4v) is 5.05. The van der Waals surface area contributed by atoms with Gasteiger partial charge in [0.2, 0.25) is 11.8 Å². The number of imide groups is 1. The predicted octanol–water partition coefficient (Wildman–Crippen LogP) is 1.68. The summed E-state index contributed by atoms with van der Waals surface area (Å²) in [6.07, 6.45) is 7.25. The zero-order valence-electron chi connectivity index (χ0n) is 12.6. The number of carbonyl (C=O) groups is 3. The molecule has 5 rings (SSSR count). The third-order valence-corrected chi connectivity index (χ3v) is 6.12. The minimum absolute atomic E-state index is 0.155. The van der Waals surface area contributed by atoms with Crippen molar-refractivity contribution < 1.29 is 19.5 Å². The van der Waals surface area contributed by atoms with Gasteiger partial charge in [-0.1, -0.05) is 31.9 Å². The van der Waals surface area contributed by atoms with Crippen LogP contribution in [-0.4, -0.2) is 33.8 Å². The fraction of sp³-hybridized carbons (Fsp3) is 0.706. The van der Waals surface area contributed by atoms with Gasteiger partial charge in [-0.15, -0.1) is 0 Å². The van der Waals surface area contributed by atoms with E-state index in [1.165, 1.54) is 0 Å². The molecule has 1 saturated heterocycles. The number of unbranched alkanes of at least 4 members (excludes halogenated alkanes) is 1. The Labute approximate surface area is 129 Å². The molecule has 2 saturated carbocycles. The van der Waals surface area contributed by atoms with E-state index in [1.54, 1.807) is 0 Å². The molecule has 5 nitrogen and oxygen atoms in total. The lowest BCUT2D eigenvalue weighted by atomic mass is 9.63. The molecule has 0 spiro atoms. The van der Waals surface area contributed by atoms with E-state index in [-0.39, 0.29) is 35.5 Å². The zero-order chi connectivity index (χ0) is 15.6. The summed E-state index contributed by atoms with van der Waals surface area (Å²) in [6.45, 7) is 1.98. The van der Waals surface area contributed by atoms with Crippen molar-refractivity contribution in [3.63, 3.8) is 0 Å². The largest absolute Gasteiger partial charge is 0.480 e. The van der Waals surface area contributed by atoms with Gasteiger partial charge in [-0.2, -0.15) is 0 Å². The molecule has 5 aliphatic rings. The van der Waals surface area contributed by atoms with E-state index in [9.17, 15) is 19.5 Å². The number of carboxylic acid groups (broad SMARTS) is 1. The number of nitrogens with zero attached hydrogens (tertiary/aromatic N) is 1. The van der Waals surface area contributed by atoms with Crippen LogP contribution in [0, 0.1) is 35.5 Å². The first-order valence-electron chi connectivity index (χ1n) is 8.34. The maximum Gasteiger partial charge on any atom is 0.326 e. The van der Waals surface area contributed by atoms with E-state index in [4.69, 9.17) is 0 Å². The summed E-state index contributed by atoms with van der Waals surface area (Å²) in [5.74, 6) is -0.710. The van der Waals surface area contributed by atoms with Crippen molar-refractivity contribution in [3.8, 4) is 0 Å². The molecule has 0 aromatic carbocycles. The molecule has 0 radical (unpaired) electrons. The Morgan fingerprint density at radius 3 is 2.23 bits per heavy atom.